The number of esters is 1. The van der Waals surface area contributed by atoms with Crippen LogP contribution < -0.4 is 5.32 Å². The van der Waals surface area contributed by atoms with Crippen molar-refractivity contribution in [1.82, 2.24) is 4.98 Å². The summed E-state index contributed by atoms with van der Waals surface area (Å²) in [6, 6.07) is 13.0. The molecule has 0 radical (unpaired) electrons. The van der Waals surface area contributed by atoms with E-state index >= 15 is 0 Å². The highest BCUT2D eigenvalue weighted by Crippen LogP contribution is 2.32. The summed E-state index contributed by atoms with van der Waals surface area (Å²) in [5.41, 5.74) is 5.84. The van der Waals surface area contributed by atoms with Gasteiger partial charge in [-0.3, -0.25) is 4.79 Å². The fourth-order valence-electron chi connectivity index (χ4n) is 3.85. The number of hydrogen-bond acceptors (Lipinski definition) is 3. The molecule has 5 heteroatoms. The first-order chi connectivity index (χ1) is 13.5. The number of aromatic amines is 1. The van der Waals surface area contributed by atoms with Gasteiger partial charge in [-0.25, -0.2) is 4.79 Å². The van der Waals surface area contributed by atoms with Gasteiger partial charge in [0.05, 0.1) is 5.56 Å². The van der Waals surface area contributed by atoms with E-state index in [1.54, 1.807) is 12.1 Å². The van der Waals surface area contributed by atoms with E-state index in [1.165, 1.54) is 17.7 Å². The summed E-state index contributed by atoms with van der Waals surface area (Å²) in [5.74, 6) is -0.194. The Morgan fingerprint density at radius 1 is 1.21 bits per heavy atom. The molecule has 1 aromatic heterocycles. The molecule has 1 aliphatic carbocycles. The molecule has 144 valence electrons. The van der Waals surface area contributed by atoms with Crippen LogP contribution in [0.25, 0.3) is 10.9 Å². The van der Waals surface area contributed by atoms with E-state index in [2.05, 4.69) is 17.2 Å². The lowest BCUT2D eigenvalue weighted by Gasteiger charge is -2.18. The van der Waals surface area contributed by atoms with E-state index in [0.717, 1.165) is 29.3 Å². The second-order valence-electron chi connectivity index (χ2n) is 7.68. The van der Waals surface area contributed by atoms with Crippen LogP contribution in [0, 0.1) is 12.8 Å². The van der Waals surface area contributed by atoms with Gasteiger partial charge in [0.2, 0.25) is 0 Å². The highest BCUT2D eigenvalue weighted by molar-refractivity contribution is 5.98. The largest absolute Gasteiger partial charge is 0.452 e. The van der Waals surface area contributed by atoms with Crippen LogP contribution in [0.5, 0.6) is 0 Å². The van der Waals surface area contributed by atoms with Gasteiger partial charge in [-0.2, -0.15) is 0 Å². The Bertz CT molecular complexity index is 1050. The molecule has 0 aliphatic heterocycles. The van der Waals surface area contributed by atoms with Crippen LogP contribution in [0.1, 0.15) is 40.5 Å². The average Bonchev–Trinajstić information content (AvgIpc) is 3.03. The van der Waals surface area contributed by atoms with Crippen molar-refractivity contribution < 1.29 is 14.3 Å². The number of rotatable bonds is 4. The summed E-state index contributed by atoms with van der Waals surface area (Å²) in [6.45, 7) is 3.89. The minimum atomic E-state index is -0.486. The number of nitrogens with one attached hydrogen (secondary N) is 2. The summed E-state index contributed by atoms with van der Waals surface area (Å²) in [6.07, 6.45) is 3.25. The van der Waals surface area contributed by atoms with Crippen LogP contribution in [-0.2, 0) is 22.4 Å². The Hall–Kier alpha value is -3.08. The maximum absolute atomic E-state index is 12.4. The molecule has 2 N–H and O–H groups in total. The van der Waals surface area contributed by atoms with Crippen LogP contribution in [0.3, 0.4) is 0 Å². The van der Waals surface area contributed by atoms with Gasteiger partial charge in [-0.15, -0.1) is 0 Å². The van der Waals surface area contributed by atoms with Crippen molar-refractivity contribution >= 4 is 28.5 Å². The van der Waals surface area contributed by atoms with E-state index in [1.807, 2.05) is 37.3 Å². The Morgan fingerprint density at radius 2 is 2.07 bits per heavy atom. The van der Waals surface area contributed by atoms with Crippen molar-refractivity contribution in [2.45, 2.75) is 33.1 Å². The Morgan fingerprint density at radius 3 is 2.89 bits per heavy atom. The summed E-state index contributed by atoms with van der Waals surface area (Å²) in [4.78, 5) is 28.0. The first-order valence-electron chi connectivity index (χ1n) is 9.66. The van der Waals surface area contributed by atoms with Gasteiger partial charge in [-0.05, 0) is 73.6 Å². The Kier molecular flexibility index (Phi) is 4.90. The summed E-state index contributed by atoms with van der Waals surface area (Å²) in [7, 11) is 0. The molecule has 1 amide bonds. The van der Waals surface area contributed by atoms with Gasteiger partial charge in [-0.1, -0.05) is 19.1 Å². The normalized spacial score (nSPS) is 15.9. The standard InChI is InChI=1S/C23H24N2O3/c1-14-4-3-5-17(10-14)24-22(26)13-28-23(27)16-7-9-21-19(12-16)18-11-15(2)6-8-20(18)25-21/h3-5,7,9-10,12,15,25H,6,8,11,13H2,1-2H3,(H,24,26)/t15-/m0/s1. The third-order valence-electron chi connectivity index (χ3n) is 5.31. The zero-order valence-corrected chi connectivity index (χ0v) is 16.2. The molecule has 0 fully saturated rings. The third-order valence-corrected chi connectivity index (χ3v) is 5.31. The lowest BCUT2D eigenvalue weighted by Crippen LogP contribution is -2.21. The lowest BCUT2D eigenvalue weighted by molar-refractivity contribution is -0.119. The summed E-state index contributed by atoms with van der Waals surface area (Å²) in [5, 5.41) is 3.82. The van der Waals surface area contributed by atoms with E-state index in [9.17, 15) is 9.59 Å². The number of aromatic nitrogens is 1. The molecule has 0 unspecified atom stereocenters. The van der Waals surface area contributed by atoms with Gasteiger partial charge in [0, 0.05) is 22.3 Å². The monoisotopic (exact) mass is 376 g/mol. The van der Waals surface area contributed by atoms with Crippen LogP contribution >= 0.6 is 0 Å². The molecule has 5 nitrogen and oxygen atoms in total. The molecule has 1 aliphatic rings. The number of ether oxygens (including phenoxy) is 1. The van der Waals surface area contributed by atoms with Gasteiger partial charge >= 0.3 is 5.97 Å². The first-order valence-corrected chi connectivity index (χ1v) is 9.66. The van der Waals surface area contributed by atoms with E-state index < -0.39 is 5.97 Å². The van der Waals surface area contributed by atoms with E-state index in [0.29, 0.717) is 17.2 Å². The summed E-state index contributed by atoms with van der Waals surface area (Å²) >= 11 is 0. The molecule has 0 saturated carbocycles. The Labute approximate surface area is 164 Å². The number of fused-ring (bicyclic) bond motifs is 3. The SMILES string of the molecule is Cc1cccc(NC(=O)COC(=O)c2ccc3[nH]c4c(c3c2)C[C@@H](C)CC4)c1. The minimum absolute atomic E-state index is 0.312. The van der Waals surface area contributed by atoms with Gasteiger partial charge < -0.3 is 15.0 Å². The number of amides is 1. The molecular weight excluding hydrogens is 352 g/mol. The number of hydrogen-bond donors (Lipinski definition) is 2. The first kappa shape index (κ1) is 18.3. The van der Waals surface area contributed by atoms with Crippen LogP contribution in [-0.4, -0.2) is 23.5 Å². The van der Waals surface area contributed by atoms with Crippen molar-refractivity contribution in [1.29, 1.82) is 0 Å². The molecule has 0 bridgehead atoms. The molecule has 0 spiro atoms. The highest BCUT2D eigenvalue weighted by Gasteiger charge is 2.21. The maximum atomic E-state index is 12.4. The smallest absolute Gasteiger partial charge is 0.338 e. The fraction of sp³-hybridized carbons (Fsp3) is 0.304. The molecule has 1 heterocycles. The predicted molar refractivity (Wildman–Crippen MR) is 110 cm³/mol. The highest BCUT2D eigenvalue weighted by atomic mass is 16.5. The second-order valence-corrected chi connectivity index (χ2v) is 7.68. The van der Waals surface area contributed by atoms with Gasteiger partial charge in [0.25, 0.3) is 5.91 Å². The zero-order chi connectivity index (χ0) is 19.7. The summed E-state index contributed by atoms with van der Waals surface area (Å²) < 4.78 is 5.22. The van der Waals surface area contributed by atoms with Crippen molar-refractivity contribution in [2.75, 3.05) is 11.9 Å². The van der Waals surface area contributed by atoms with Gasteiger partial charge in [0.1, 0.15) is 0 Å². The molecule has 28 heavy (non-hydrogen) atoms. The number of aryl methyl sites for hydroxylation is 2. The molecule has 1 atom stereocenters. The van der Waals surface area contributed by atoms with Crippen molar-refractivity contribution in [3.63, 3.8) is 0 Å². The number of carbonyl (C=O) groups is 2. The maximum Gasteiger partial charge on any atom is 0.338 e. The molecule has 4 rings (SSSR count). The molecule has 3 aromatic rings. The third kappa shape index (κ3) is 3.79. The Balaban J connectivity index is 1.44. The zero-order valence-electron chi connectivity index (χ0n) is 16.2. The van der Waals surface area contributed by atoms with Gasteiger partial charge in [0.15, 0.2) is 6.61 Å². The quantitative estimate of drug-likeness (QED) is 0.663. The van der Waals surface area contributed by atoms with Crippen LogP contribution in [0.15, 0.2) is 42.5 Å². The minimum Gasteiger partial charge on any atom is -0.452 e. The van der Waals surface area contributed by atoms with Crippen molar-refractivity contribution in [3.05, 3.63) is 64.8 Å². The fourth-order valence-corrected chi connectivity index (χ4v) is 3.85. The predicted octanol–water partition coefficient (Wildman–Crippen LogP) is 4.40. The number of carbonyl (C=O) groups excluding carboxylic acids is 2. The number of anilines is 1. The molecule has 2 aromatic carbocycles. The second kappa shape index (κ2) is 7.50. The van der Waals surface area contributed by atoms with E-state index in [4.69, 9.17) is 4.74 Å². The van der Waals surface area contributed by atoms with Crippen LogP contribution in [0.2, 0.25) is 0 Å². The lowest BCUT2D eigenvalue weighted by atomic mass is 9.87. The topological polar surface area (TPSA) is 71.2 Å². The molecule has 0 saturated heterocycles. The average molecular weight is 376 g/mol. The van der Waals surface area contributed by atoms with E-state index in [-0.39, 0.29) is 12.5 Å². The van der Waals surface area contributed by atoms with Crippen molar-refractivity contribution in [2.24, 2.45) is 5.92 Å². The number of benzene rings is 2. The van der Waals surface area contributed by atoms with Crippen LogP contribution in [0.4, 0.5) is 5.69 Å². The molecular formula is C23H24N2O3. The van der Waals surface area contributed by atoms with Crippen molar-refractivity contribution in [3.8, 4) is 0 Å². The number of H-pyrrole nitrogens is 1.